The highest BCUT2D eigenvalue weighted by Gasteiger charge is 2.54. The Kier molecular flexibility index (Phi) is 5.79. The molecule has 0 saturated carbocycles. The number of esters is 1. The van der Waals surface area contributed by atoms with Crippen LogP contribution in [-0.2, 0) is 14.0 Å². The molecule has 1 aliphatic carbocycles. The van der Waals surface area contributed by atoms with E-state index in [0.717, 1.165) is 12.2 Å². The van der Waals surface area contributed by atoms with Gasteiger partial charge in [-0.25, -0.2) is 0 Å². The maximum absolute atomic E-state index is 13.0. The molecule has 154 valence electrons. The summed E-state index contributed by atoms with van der Waals surface area (Å²) in [7, 11) is -1.94. The molecule has 0 spiro atoms. The van der Waals surface area contributed by atoms with Crippen LogP contribution in [0.1, 0.15) is 52.6 Å². The first-order chi connectivity index (χ1) is 13.1. The fraction of sp³-hybridized carbons (Fsp3) is 0.609. The van der Waals surface area contributed by atoms with E-state index in [-0.39, 0.29) is 35.1 Å². The van der Waals surface area contributed by atoms with E-state index >= 15 is 0 Å². The standard InChI is InChI=1S/C23H35NO3Si/c1-8-26-22(25)21-19-14-18(15-20(19)27-28(6,7)23(3,4)5)24(21)16(2)17-12-10-9-11-13-17/h9-13,15-16,18-19,21H,8,14H2,1-7H3/t16-,18+,19-,21+/m1/s1. The summed E-state index contributed by atoms with van der Waals surface area (Å²) in [6.07, 6.45) is 3.20. The Morgan fingerprint density at radius 3 is 2.46 bits per heavy atom. The van der Waals surface area contributed by atoms with Crippen LogP contribution in [0.4, 0.5) is 0 Å². The lowest BCUT2D eigenvalue weighted by molar-refractivity contribution is -0.151. The van der Waals surface area contributed by atoms with Crippen molar-refractivity contribution in [3.63, 3.8) is 0 Å². The summed E-state index contributed by atoms with van der Waals surface area (Å²) in [5.74, 6) is 0.984. The Balaban J connectivity index is 1.91. The molecule has 0 aromatic heterocycles. The Labute approximate surface area is 171 Å². The summed E-state index contributed by atoms with van der Waals surface area (Å²) in [5, 5.41) is 0.131. The summed E-state index contributed by atoms with van der Waals surface area (Å²) in [5.41, 5.74) is 1.23. The van der Waals surface area contributed by atoms with E-state index in [9.17, 15) is 4.79 Å². The molecule has 5 heteroatoms. The number of hydrogen-bond donors (Lipinski definition) is 0. The molecule has 0 unspecified atom stereocenters. The second-order valence-electron chi connectivity index (χ2n) is 9.57. The van der Waals surface area contributed by atoms with Crippen LogP contribution in [0.2, 0.25) is 18.1 Å². The summed E-state index contributed by atoms with van der Waals surface area (Å²) in [6.45, 7) is 15.7. The van der Waals surface area contributed by atoms with Gasteiger partial charge in [0.1, 0.15) is 6.04 Å². The second-order valence-corrected chi connectivity index (χ2v) is 14.3. The van der Waals surface area contributed by atoms with Gasteiger partial charge in [0, 0.05) is 18.0 Å². The average Bonchev–Trinajstić information content (AvgIpc) is 3.18. The fourth-order valence-corrected chi connectivity index (χ4v) is 5.28. The number of hydrogen-bond acceptors (Lipinski definition) is 4. The SMILES string of the molecule is CCOC(=O)[C@@H]1[C@@H]2C[C@@H](C=C2O[Si](C)(C)C(C)(C)C)N1[C@H](C)c1ccccc1. The molecule has 0 amide bonds. The van der Waals surface area contributed by atoms with Crippen molar-refractivity contribution in [2.24, 2.45) is 5.92 Å². The lowest BCUT2D eigenvalue weighted by Crippen LogP contribution is -2.49. The molecular weight excluding hydrogens is 366 g/mol. The monoisotopic (exact) mass is 401 g/mol. The molecular formula is C23H35NO3Si. The Bertz CT molecular complexity index is 738. The largest absolute Gasteiger partial charge is 0.546 e. The third-order valence-corrected chi connectivity index (χ3v) is 11.1. The number of fused-ring (bicyclic) bond motifs is 2. The zero-order valence-corrected chi connectivity index (χ0v) is 19.4. The molecule has 4 atom stereocenters. The zero-order valence-electron chi connectivity index (χ0n) is 18.4. The van der Waals surface area contributed by atoms with Crippen molar-refractivity contribution in [3.8, 4) is 0 Å². The first-order valence-electron chi connectivity index (χ1n) is 10.5. The Morgan fingerprint density at radius 2 is 1.89 bits per heavy atom. The van der Waals surface area contributed by atoms with Gasteiger partial charge in [-0.15, -0.1) is 0 Å². The first kappa shape index (κ1) is 21.1. The van der Waals surface area contributed by atoms with Crippen LogP contribution in [-0.4, -0.2) is 37.9 Å². The van der Waals surface area contributed by atoms with Gasteiger partial charge in [-0.3, -0.25) is 9.69 Å². The van der Waals surface area contributed by atoms with Crippen molar-refractivity contribution in [1.29, 1.82) is 0 Å². The van der Waals surface area contributed by atoms with Crippen molar-refractivity contribution in [1.82, 2.24) is 4.90 Å². The van der Waals surface area contributed by atoms with Gasteiger partial charge in [-0.05, 0) is 50.0 Å². The molecule has 2 bridgehead atoms. The van der Waals surface area contributed by atoms with Crippen LogP contribution in [0.5, 0.6) is 0 Å². The lowest BCUT2D eigenvalue weighted by atomic mass is 9.97. The number of carbonyl (C=O) groups excluding carboxylic acids is 1. The van der Waals surface area contributed by atoms with Gasteiger partial charge in [0.25, 0.3) is 0 Å². The molecule has 1 heterocycles. The molecule has 28 heavy (non-hydrogen) atoms. The van der Waals surface area contributed by atoms with Gasteiger partial charge in [0.2, 0.25) is 8.32 Å². The zero-order chi connectivity index (χ0) is 20.7. The van der Waals surface area contributed by atoms with Crippen molar-refractivity contribution < 1.29 is 14.0 Å². The molecule has 4 nitrogen and oxygen atoms in total. The molecule has 1 saturated heterocycles. The van der Waals surface area contributed by atoms with Crippen LogP contribution in [0, 0.1) is 5.92 Å². The number of likely N-dealkylation sites (tertiary alicyclic amines) is 1. The Hall–Kier alpha value is -1.59. The third kappa shape index (κ3) is 3.79. The minimum Gasteiger partial charge on any atom is -0.546 e. The first-order valence-corrected chi connectivity index (χ1v) is 13.4. The maximum atomic E-state index is 13.0. The summed E-state index contributed by atoms with van der Waals surface area (Å²) < 4.78 is 12.1. The number of carbonyl (C=O) groups is 1. The van der Waals surface area contributed by atoms with Crippen LogP contribution in [0.3, 0.4) is 0 Å². The topological polar surface area (TPSA) is 38.8 Å². The highest BCUT2D eigenvalue weighted by atomic mass is 28.4. The van der Waals surface area contributed by atoms with E-state index in [0.29, 0.717) is 6.61 Å². The summed E-state index contributed by atoms with van der Waals surface area (Å²) >= 11 is 0. The molecule has 3 rings (SSSR count). The molecule has 0 radical (unpaired) electrons. The van der Waals surface area contributed by atoms with Gasteiger partial charge >= 0.3 is 5.97 Å². The van der Waals surface area contributed by atoms with E-state index in [2.05, 4.69) is 76.0 Å². The molecule has 1 aliphatic heterocycles. The minimum atomic E-state index is -1.94. The predicted octanol–water partition coefficient (Wildman–Crippen LogP) is 5.29. The van der Waals surface area contributed by atoms with Crippen LogP contribution in [0.25, 0.3) is 0 Å². The van der Waals surface area contributed by atoms with E-state index < -0.39 is 8.32 Å². The van der Waals surface area contributed by atoms with Gasteiger partial charge in [-0.2, -0.15) is 0 Å². The maximum Gasteiger partial charge on any atom is 0.324 e. The van der Waals surface area contributed by atoms with E-state index in [1.54, 1.807) is 0 Å². The molecule has 2 aliphatic rings. The number of benzene rings is 1. The van der Waals surface area contributed by atoms with Crippen molar-refractivity contribution >= 4 is 14.3 Å². The summed E-state index contributed by atoms with van der Waals surface area (Å²) in [4.78, 5) is 15.3. The van der Waals surface area contributed by atoms with Crippen LogP contribution >= 0.6 is 0 Å². The third-order valence-electron chi connectivity index (χ3n) is 6.74. The van der Waals surface area contributed by atoms with Gasteiger partial charge in [0.15, 0.2) is 0 Å². The van der Waals surface area contributed by atoms with Gasteiger partial charge in [-0.1, -0.05) is 51.1 Å². The minimum absolute atomic E-state index is 0.0873. The van der Waals surface area contributed by atoms with E-state index in [4.69, 9.17) is 9.16 Å². The Morgan fingerprint density at radius 1 is 1.25 bits per heavy atom. The van der Waals surface area contributed by atoms with Crippen molar-refractivity contribution in [3.05, 3.63) is 47.7 Å². The van der Waals surface area contributed by atoms with Crippen molar-refractivity contribution in [2.45, 2.75) is 77.3 Å². The van der Waals surface area contributed by atoms with Crippen LogP contribution in [0.15, 0.2) is 42.2 Å². The van der Waals surface area contributed by atoms with Crippen molar-refractivity contribution in [2.75, 3.05) is 6.61 Å². The normalized spacial score (nSPS) is 26.1. The number of nitrogens with zero attached hydrogens (tertiary/aromatic N) is 1. The highest BCUT2D eigenvalue weighted by molar-refractivity contribution is 6.74. The number of ether oxygens (including phenoxy) is 1. The highest BCUT2D eigenvalue weighted by Crippen LogP contribution is 2.49. The van der Waals surface area contributed by atoms with E-state index in [1.807, 2.05) is 13.0 Å². The van der Waals surface area contributed by atoms with Crippen LogP contribution < -0.4 is 0 Å². The molecule has 1 aromatic carbocycles. The summed E-state index contributed by atoms with van der Waals surface area (Å²) in [6, 6.07) is 10.5. The van der Waals surface area contributed by atoms with E-state index in [1.165, 1.54) is 5.56 Å². The number of rotatable bonds is 6. The smallest absolute Gasteiger partial charge is 0.324 e. The second kappa shape index (κ2) is 7.67. The molecule has 1 fully saturated rings. The predicted molar refractivity (Wildman–Crippen MR) is 115 cm³/mol. The quantitative estimate of drug-likeness (QED) is 0.480. The molecule has 1 aromatic rings. The van der Waals surface area contributed by atoms with Gasteiger partial charge in [0.05, 0.1) is 12.4 Å². The molecule has 0 N–H and O–H groups in total. The van der Waals surface area contributed by atoms with Gasteiger partial charge < -0.3 is 9.16 Å². The lowest BCUT2D eigenvalue weighted by Gasteiger charge is -2.42. The fourth-order valence-electron chi connectivity index (χ4n) is 4.17. The average molecular weight is 402 g/mol.